The second-order valence-corrected chi connectivity index (χ2v) is 7.89. The maximum atomic E-state index is 11.2. The molecule has 1 heterocycles. The van der Waals surface area contributed by atoms with Gasteiger partial charge in [-0.15, -0.1) is 35.3 Å². The largest absolute Gasteiger partial charge is 0.465 e. The number of rotatable bonds is 6. The fourth-order valence-electron chi connectivity index (χ4n) is 1.24. The molecule has 0 spiro atoms. The van der Waals surface area contributed by atoms with E-state index in [0.717, 1.165) is 23.3 Å². The number of thioether (sulfide) groups is 3. The van der Waals surface area contributed by atoms with E-state index in [1.165, 1.54) is 30.4 Å². The van der Waals surface area contributed by atoms with Crippen molar-refractivity contribution in [3.63, 3.8) is 0 Å². The number of carbonyl (C=O) groups excluding carboxylic acids is 1. The Morgan fingerprint density at radius 1 is 1.45 bits per heavy atom. The Hall–Kier alpha value is -0.0200. The monoisotopic (exact) mass is 375 g/mol. The highest BCUT2D eigenvalue weighted by Crippen LogP contribution is 2.44. The Bertz CT molecular complexity index is 455. The molecule has 1 aliphatic heterocycles. The lowest BCUT2D eigenvalue weighted by Gasteiger charge is -2.07. The van der Waals surface area contributed by atoms with Gasteiger partial charge >= 0.3 is 11.7 Å². The highest BCUT2D eigenvalue weighted by atomic mass is 35.5. The Morgan fingerprint density at radius 3 is 2.50 bits per heavy atom. The van der Waals surface area contributed by atoms with Crippen LogP contribution in [0, 0.1) is 10.1 Å². The molecule has 0 amide bonds. The summed E-state index contributed by atoms with van der Waals surface area (Å²) in [4.78, 5) is 21.6. The molecular formula is C10H11Cl2NO4S3. The molecule has 20 heavy (non-hydrogen) atoms. The van der Waals surface area contributed by atoms with Gasteiger partial charge in [0, 0.05) is 24.2 Å². The van der Waals surface area contributed by atoms with Crippen LogP contribution in [-0.2, 0) is 9.53 Å². The van der Waals surface area contributed by atoms with Crippen LogP contribution in [0.15, 0.2) is 19.3 Å². The zero-order valence-corrected chi connectivity index (χ0v) is 14.4. The van der Waals surface area contributed by atoms with Gasteiger partial charge in [0.1, 0.15) is 20.2 Å². The van der Waals surface area contributed by atoms with Gasteiger partial charge in [-0.25, -0.2) is 0 Å². The molecule has 0 radical (unpaired) electrons. The lowest BCUT2D eigenvalue weighted by atomic mass is 10.5. The summed E-state index contributed by atoms with van der Waals surface area (Å²) in [6, 6.07) is 0. The van der Waals surface area contributed by atoms with Crippen LogP contribution < -0.4 is 0 Å². The molecule has 1 aliphatic rings. The zero-order valence-electron chi connectivity index (χ0n) is 10.4. The number of ether oxygens (including phenoxy) is 1. The average Bonchev–Trinajstić information content (AvgIpc) is 2.85. The molecule has 0 saturated carbocycles. The smallest absolute Gasteiger partial charge is 0.305 e. The second kappa shape index (κ2) is 9.09. The topological polar surface area (TPSA) is 69.4 Å². The van der Waals surface area contributed by atoms with Crippen molar-refractivity contribution < 1.29 is 14.5 Å². The molecule has 1 saturated heterocycles. The van der Waals surface area contributed by atoms with Crippen LogP contribution in [0.4, 0.5) is 0 Å². The maximum absolute atomic E-state index is 11.2. The van der Waals surface area contributed by atoms with Gasteiger partial charge in [0.15, 0.2) is 0 Å². The van der Waals surface area contributed by atoms with Crippen LogP contribution in [0.1, 0.15) is 6.92 Å². The highest BCUT2D eigenvalue weighted by molar-refractivity contribution is 8.25. The minimum absolute atomic E-state index is 0.0645. The van der Waals surface area contributed by atoms with Crippen molar-refractivity contribution >= 4 is 64.5 Å². The van der Waals surface area contributed by atoms with E-state index in [-0.39, 0.29) is 21.7 Å². The van der Waals surface area contributed by atoms with E-state index in [1.54, 1.807) is 0 Å². The van der Waals surface area contributed by atoms with E-state index < -0.39 is 10.9 Å². The summed E-state index contributed by atoms with van der Waals surface area (Å²) in [5.74, 6) is 1.59. The fourth-order valence-corrected chi connectivity index (χ4v) is 5.16. The molecular weight excluding hydrogens is 365 g/mol. The van der Waals surface area contributed by atoms with Crippen molar-refractivity contribution in [2.24, 2.45) is 0 Å². The van der Waals surface area contributed by atoms with Gasteiger partial charge in [-0.1, -0.05) is 23.2 Å². The molecule has 0 aromatic carbocycles. The average molecular weight is 376 g/mol. The number of halogens is 2. The summed E-state index contributed by atoms with van der Waals surface area (Å²) in [6.45, 7) is 1.44. The number of hydrogen-bond donors (Lipinski definition) is 0. The van der Waals surface area contributed by atoms with Crippen molar-refractivity contribution in [3.05, 3.63) is 29.4 Å². The molecule has 1 rings (SSSR count). The maximum Gasteiger partial charge on any atom is 0.305 e. The summed E-state index contributed by atoms with van der Waals surface area (Å²) in [7, 11) is 0. The van der Waals surface area contributed by atoms with E-state index in [2.05, 4.69) is 0 Å². The summed E-state index contributed by atoms with van der Waals surface area (Å²) in [6.07, 6.45) is 0. The number of nitrogens with zero attached hydrogens (tertiary/aromatic N) is 1. The first-order chi connectivity index (χ1) is 9.43. The highest BCUT2D eigenvalue weighted by Gasteiger charge is 2.29. The van der Waals surface area contributed by atoms with Crippen molar-refractivity contribution in [1.29, 1.82) is 0 Å². The summed E-state index contributed by atoms with van der Waals surface area (Å²) in [5.41, 5.74) is -0.0645. The third-order valence-corrected chi connectivity index (χ3v) is 6.30. The molecule has 112 valence electrons. The van der Waals surface area contributed by atoms with E-state index in [9.17, 15) is 14.9 Å². The molecule has 0 aliphatic carbocycles. The van der Waals surface area contributed by atoms with Gasteiger partial charge in [0.05, 0.1) is 4.92 Å². The first-order valence-electron chi connectivity index (χ1n) is 5.39. The number of esters is 1. The van der Waals surface area contributed by atoms with Gasteiger partial charge in [-0.05, 0) is 0 Å². The number of hydrogen-bond acceptors (Lipinski definition) is 7. The third-order valence-electron chi connectivity index (χ3n) is 1.95. The van der Waals surface area contributed by atoms with Gasteiger partial charge in [0.25, 0.3) is 0 Å². The first kappa shape index (κ1) is 18.0. The van der Waals surface area contributed by atoms with Gasteiger partial charge in [-0.2, -0.15) is 0 Å². The molecule has 0 atom stereocenters. The third kappa shape index (κ3) is 5.77. The van der Waals surface area contributed by atoms with Crippen molar-refractivity contribution in [1.82, 2.24) is 0 Å². The van der Waals surface area contributed by atoms with Gasteiger partial charge in [-0.3, -0.25) is 14.9 Å². The first-order valence-corrected chi connectivity index (χ1v) is 9.10. The minimum atomic E-state index is -0.473. The number of carbonyl (C=O) groups is 1. The van der Waals surface area contributed by atoms with Gasteiger partial charge in [0.2, 0.25) is 0 Å². The Labute approximate surface area is 139 Å². The lowest BCUT2D eigenvalue weighted by molar-refractivity contribution is -0.419. The molecule has 0 unspecified atom stereocenters. The Balaban J connectivity index is 2.84. The molecule has 10 heteroatoms. The van der Waals surface area contributed by atoms with Crippen molar-refractivity contribution in [3.8, 4) is 0 Å². The van der Waals surface area contributed by atoms with E-state index in [0.29, 0.717) is 9.99 Å². The quantitative estimate of drug-likeness (QED) is 0.302. The molecule has 0 aromatic heterocycles. The molecule has 0 N–H and O–H groups in total. The van der Waals surface area contributed by atoms with Gasteiger partial charge < -0.3 is 4.74 Å². The van der Waals surface area contributed by atoms with Crippen LogP contribution in [0.5, 0.6) is 0 Å². The SMILES string of the molecule is CC(=O)OCCSC(=C(Cl)Cl)C(=C1SCCS1)[N+](=O)[O-]. The summed E-state index contributed by atoms with van der Waals surface area (Å²) in [5, 5.41) is 11.2. The standard InChI is InChI=1S/C10H11Cl2NO4S3/c1-6(14)17-2-3-18-8(9(11)12)7(13(15)16)10-19-4-5-20-10/h2-5H2,1H3. The normalized spacial score (nSPS) is 14.1. The van der Waals surface area contributed by atoms with Crippen molar-refractivity contribution in [2.45, 2.75) is 6.92 Å². The van der Waals surface area contributed by atoms with Crippen LogP contribution in [0.25, 0.3) is 0 Å². The predicted octanol–water partition coefficient (Wildman–Crippen LogP) is 3.86. The second-order valence-electron chi connectivity index (χ2n) is 3.37. The van der Waals surface area contributed by atoms with Crippen LogP contribution in [0.2, 0.25) is 0 Å². The molecule has 0 bridgehead atoms. The minimum Gasteiger partial charge on any atom is -0.465 e. The Morgan fingerprint density at radius 2 is 2.05 bits per heavy atom. The molecule has 0 aromatic rings. The fraction of sp³-hybridized carbons (Fsp3) is 0.500. The molecule has 5 nitrogen and oxygen atoms in total. The van der Waals surface area contributed by atoms with Crippen LogP contribution in [0.3, 0.4) is 0 Å². The molecule has 1 fully saturated rings. The summed E-state index contributed by atoms with van der Waals surface area (Å²) >= 11 is 15.5. The lowest BCUT2D eigenvalue weighted by Crippen LogP contribution is -2.06. The van der Waals surface area contributed by atoms with E-state index >= 15 is 0 Å². The van der Waals surface area contributed by atoms with E-state index in [4.69, 9.17) is 27.9 Å². The predicted molar refractivity (Wildman–Crippen MR) is 86.8 cm³/mol. The van der Waals surface area contributed by atoms with Crippen molar-refractivity contribution in [2.75, 3.05) is 23.9 Å². The Kier molecular flexibility index (Phi) is 8.20. The van der Waals surface area contributed by atoms with Crippen LogP contribution >= 0.6 is 58.5 Å². The van der Waals surface area contributed by atoms with E-state index in [1.807, 2.05) is 0 Å². The van der Waals surface area contributed by atoms with Crippen LogP contribution in [-0.4, -0.2) is 34.8 Å². The zero-order chi connectivity index (χ0) is 15.1. The number of nitro groups is 1. The summed E-state index contributed by atoms with van der Waals surface area (Å²) < 4.78 is 5.24.